The zero-order valence-electron chi connectivity index (χ0n) is 12.6. The molecule has 2 unspecified atom stereocenters. The fraction of sp³-hybridized carbons (Fsp3) is 0.600. The highest BCUT2D eigenvalue weighted by molar-refractivity contribution is 7.10. The molecule has 0 bridgehead atoms. The van der Waals surface area contributed by atoms with Gasteiger partial charge in [0.05, 0.1) is 0 Å². The predicted octanol–water partition coefficient (Wildman–Crippen LogP) is 3.39. The Morgan fingerprint density at radius 3 is 2.67 bits per heavy atom. The summed E-state index contributed by atoms with van der Waals surface area (Å²) in [7, 11) is 0. The van der Waals surface area contributed by atoms with E-state index in [9.17, 15) is 14.7 Å². The van der Waals surface area contributed by atoms with Crippen LogP contribution in [-0.4, -0.2) is 23.7 Å². The molecule has 118 valence electrons. The molecule has 1 aromatic rings. The van der Waals surface area contributed by atoms with E-state index in [2.05, 4.69) is 24.5 Å². The Bertz CT molecular complexity index is 434. The number of aliphatic carboxylic acids is 1. The first-order chi connectivity index (χ1) is 10.1. The maximum Gasteiger partial charge on any atom is 0.331 e. The van der Waals surface area contributed by atoms with Crippen molar-refractivity contribution >= 4 is 23.3 Å². The van der Waals surface area contributed by atoms with E-state index >= 15 is 0 Å². The molecule has 0 spiro atoms. The van der Waals surface area contributed by atoms with Gasteiger partial charge in [-0.25, -0.2) is 9.59 Å². The van der Waals surface area contributed by atoms with Crippen LogP contribution in [0.5, 0.6) is 0 Å². The molecule has 0 saturated carbocycles. The molecule has 1 heterocycles. The van der Waals surface area contributed by atoms with Crippen LogP contribution in [0, 0.1) is 5.92 Å². The van der Waals surface area contributed by atoms with Crippen LogP contribution in [0.3, 0.4) is 0 Å². The SMILES string of the molecule is CCCCC(CC)CNC(=O)NC(C(=O)O)c1cccs1. The quantitative estimate of drug-likeness (QED) is 0.654. The van der Waals surface area contributed by atoms with Gasteiger partial charge in [0, 0.05) is 11.4 Å². The van der Waals surface area contributed by atoms with Gasteiger partial charge in [0.1, 0.15) is 0 Å². The van der Waals surface area contributed by atoms with Gasteiger partial charge in [0.2, 0.25) is 0 Å². The van der Waals surface area contributed by atoms with Gasteiger partial charge >= 0.3 is 12.0 Å². The molecule has 21 heavy (non-hydrogen) atoms. The van der Waals surface area contributed by atoms with Gasteiger partial charge < -0.3 is 15.7 Å². The summed E-state index contributed by atoms with van der Waals surface area (Å²) in [4.78, 5) is 23.7. The lowest BCUT2D eigenvalue weighted by Gasteiger charge is -2.17. The van der Waals surface area contributed by atoms with Gasteiger partial charge in [-0.15, -0.1) is 11.3 Å². The van der Waals surface area contributed by atoms with Crippen LogP contribution >= 0.6 is 11.3 Å². The molecule has 6 heteroatoms. The van der Waals surface area contributed by atoms with Crippen molar-refractivity contribution in [2.24, 2.45) is 5.92 Å². The van der Waals surface area contributed by atoms with E-state index in [4.69, 9.17) is 0 Å². The van der Waals surface area contributed by atoms with Crippen LogP contribution < -0.4 is 10.6 Å². The first kappa shape index (κ1) is 17.5. The Labute approximate surface area is 129 Å². The monoisotopic (exact) mass is 312 g/mol. The molecule has 0 radical (unpaired) electrons. The van der Waals surface area contributed by atoms with Crippen LogP contribution in [0.25, 0.3) is 0 Å². The number of amides is 2. The van der Waals surface area contributed by atoms with E-state index in [1.165, 1.54) is 11.3 Å². The molecule has 1 rings (SSSR count). The zero-order valence-corrected chi connectivity index (χ0v) is 13.4. The summed E-state index contributed by atoms with van der Waals surface area (Å²) in [5.41, 5.74) is 0. The molecular weight excluding hydrogens is 288 g/mol. The third kappa shape index (κ3) is 6.16. The molecule has 3 N–H and O–H groups in total. The number of nitrogens with one attached hydrogen (secondary N) is 2. The third-order valence-electron chi connectivity index (χ3n) is 3.44. The second-order valence-electron chi connectivity index (χ2n) is 5.06. The van der Waals surface area contributed by atoms with Crippen molar-refractivity contribution in [3.63, 3.8) is 0 Å². The largest absolute Gasteiger partial charge is 0.479 e. The van der Waals surface area contributed by atoms with Crippen LogP contribution in [-0.2, 0) is 4.79 Å². The van der Waals surface area contributed by atoms with Gasteiger partial charge in [0.25, 0.3) is 0 Å². The lowest BCUT2D eigenvalue weighted by atomic mass is 9.99. The Morgan fingerprint density at radius 2 is 2.14 bits per heavy atom. The number of rotatable bonds is 9. The van der Waals surface area contributed by atoms with Crippen molar-refractivity contribution in [3.8, 4) is 0 Å². The minimum absolute atomic E-state index is 0.425. The third-order valence-corrected chi connectivity index (χ3v) is 4.38. The van der Waals surface area contributed by atoms with Gasteiger partial charge in [-0.1, -0.05) is 39.2 Å². The van der Waals surface area contributed by atoms with Gasteiger partial charge in [-0.2, -0.15) is 0 Å². The number of carbonyl (C=O) groups is 2. The number of hydrogen-bond acceptors (Lipinski definition) is 3. The Hall–Kier alpha value is -1.56. The van der Waals surface area contributed by atoms with Gasteiger partial charge in [-0.3, -0.25) is 0 Å². The number of carbonyl (C=O) groups excluding carboxylic acids is 1. The highest BCUT2D eigenvalue weighted by atomic mass is 32.1. The maximum absolute atomic E-state index is 11.9. The fourth-order valence-electron chi connectivity index (χ4n) is 2.07. The summed E-state index contributed by atoms with van der Waals surface area (Å²) in [6.45, 7) is 4.83. The molecular formula is C15H24N2O3S. The Kier molecular flexibility index (Phi) is 7.82. The number of thiophene rings is 1. The van der Waals surface area contributed by atoms with Crippen molar-refractivity contribution < 1.29 is 14.7 Å². The lowest BCUT2D eigenvalue weighted by Crippen LogP contribution is -2.42. The molecule has 0 aromatic carbocycles. The van der Waals surface area contributed by atoms with Crippen molar-refractivity contribution in [2.45, 2.75) is 45.6 Å². The summed E-state index contributed by atoms with van der Waals surface area (Å²) in [6.07, 6.45) is 4.38. The molecule has 0 aliphatic rings. The standard InChI is InChI=1S/C15H24N2O3S/c1-3-5-7-11(4-2)10-16-15(20)17-13(14(18)19)12-8-6-9-21-12/h6,8-9,11,13H,3-5,7,10H2,1-2H3,(H,18,19)(H2,16,17,20). The number of hydrogen-bond donors (Lipinski definition) is 3. The lowest BCUT2D eigenvalue weighted by molar-refractivity contribution is -0.139. The first-order valence-corrected chi connectivity index (χ1v) is 8.27. The van der Waals surface area contributed by atoms with E-state index in [0.717, 1.165) is 25.7 Å². The van der Waals surface area contributed by atoms with E-state index < -0.39 is 18.0 Å². The first-order valence-electron chi connectivity index (χ1n) is 7.39. The second kappa shape index (κ2) is 9.39. The van der Waals surface area contributed by atoms with E-state index in [1.54, 1.807) is 17.5 Å². The summed E-state index contributed by atoms with van der Waals surface area (Å²) in [5.74, 6) is -0.605. The molecule has 0 aliphatic carbocycles. The normalized spacial score (nSPS) is 13.4. The molecule has 5 nitrogen and oxygen atoms in total. The smallest absolute Gasteiger partial charge is 0.331 e. The van der Waals surface area contributed by atoms with Crippen LogP contribution in [0.15, 0.2) is 17.5 Å². The van der Waals surface area contributed by atoms with E-state index in [-0.39, 0.29) is 0 Å². The summed E-state index contributed by atoms with van der Waals surface area (Å²) in [5, 5.41) is 16.3. The number of unbranched alkanes of at least 4 members (excludes halogenated alkanes) is 1. The van der Waals surface area contributed by atoms with Crippen LogP contribution in [0.2, 0.25) is 0 Å². The predicted molar refractivity (Wildman–Crippen MR) is 84.5 cm³/mol. The molecule has 1 aromatic heterocycles. The Balaban J connectivity index is 2.45. The van der Waals surface area contributed by atoms with Crippen molar-refractivity contribution in [3.05, 3.63) is 22.4 Å². The minimum Gasteiger partial charge on any atom is -0.479 e. The van der Waals surface area contributed by atoms with Crippen LogP contribution in [0.4, 0.5) is 4.79 Å². The topological polar surface area (TPSA) is 78.4 Å². The highest BCUT2D eigenvalue weighted by Gasteiger charge is 2.23. The van der Waals surface area contributed by atoms with Crippen molar-refractivity contribution in [1.29, 1.82) is 0 Å². The van der Waals surface area contributed by atoms with E-state index in [1.807, 2.05) is 0 Å². The summed E-state index contributed by atoms with van der Waals surface area (Å²) < 4.78 is 0. The minimum atomic E-state index is -1.05. The number of urea groups is 1. The molecule has 0 saturated heterocycles. The molecule has 2 amide bonds. The summed E-state index contributed by atoms with van der Waals surface area (Å²) in [6, 6.07) is 2.07. The average Bonchev–Trinajstić information content (AvgIpc) is 2.98. The maximum atomic E-state index is 11.9. The molecule has 2 atom stereocenters. The van der Waals surface area contributed by atoms with Crippen LogP contribution in [0.1, 0.15) is 50.4 Å². The number of carboxylic acids is 1. The van der Waals surface area contributed by atoms with Crippen molar-refractivity contribution in [2.75, 3.05) is 6.54 Å². The molecule has 0 aliphatic heterocycles. The Morgan fingerprint density at radius 1 is 1.38 bits per heavy atom. The fourth-order valence-corrected chi connectivity index (χ4v) is 2.84. The average molecular weight is 312 g/mol. The molecule has 0 fully saturated rings. The van der Waals surface area contributed by atoms with E-state index in [0.29, 0.717) is 17.3 Å². The zero-order chi connectivity index (χ0) is 15.7. The van der Waals surface area contributed by atoms with Crippen molar-refractivity contribution in [1.82, 2.24) is 10.6 Å². The second-order valence-corrected chi connectivity index (χ2v) is 6.04. The summed E-state index contributed by atoms with van der Waals surface area (Å²) >= 11 is 1.32. The van der Waals surface area contributed by atoms with Gasteiger partial charge in [-0.05, 0) is 23.8 Å². The number of carboxylic acid groups (broad SMARTS) is 1. The van der Waals surface area contributed by atoms with Gasteiger partial charge in [0.15, 0.2) is 6.04 Å². The highest BCUT2D eigenvalue weighted by Crippen LogP contribution is 2.19.